The molecule has 2 aliphatic heterocycles. The Kier molecular flexibility index (Phi) is 4.51. The van der Waals surface area contributed by atoms with Crippen LogP contribution in [0.3, 0.4) is 0 Å². The summed E-state index contributed by atoms with van der Waals surface area (Å²) in [5.74, 6) is 2.00. The molecular formula is C21H20N4O4. The summed E-state index contributed by atoms with van der Waals surface area (Å²) < 4.78 is 18.9. The van der Waals surface area contributed by atoms with Gasteiger partial charge in [0, 0.05) is 13.1 Å². The zero-order valence-corrected chi connectivity index (χ0v) is 15.7. The van der Waals surface area contributed by atoms with Crippen molar-refractivity contribution in [3.63, 3.8) is 0 Å². The molecule has 1 fully saturated rings. The molecule has 0 aliphatic carbocycles. The normalized spacial score (nSPS) is 18.2. The third kappa shape index (κ3) is 3.61. The maximum Gasteiger partial charge on any atom is 0.267 e. The van der Waals surface area contributed by atoms with Gasteiger partial charge in [0.15, 0.2) is 11.5 Å². The predicted octanol–water partition coefficient (Wildman–Crippen LogP) is 2.08. The number of nitrogens with zero attached hydrogens (tertiary/aromatic N) is 4. The third-order valence-electron chi connectivity index (χ3n) is 5.02. The van der Waals surface area contributed by atoms with E-state index in [1.165, 1.54) is 0 Å². The summed E-state index contributed by atoms with van der Waals surface area (Å²) >= 11 is 0. The summed E-state index contributed by atoms with van der Waals surface area (Å²) in [7, 11) is 0. The number of rotatable bonds is 5. The van der Waals surface area contributed by atoms with Crippen LogP contribution < -0.4 is 14.2 Å². The van der Waals surface area contributed by atoms with Crippen molar-refractivity contribution < 1.29 is 19.0 Å². The van der Waals surface area contributed by atoms with Crippen molar-refractivity contribution in [1.82, 2.24) is 19.9 Å². The summed E-state index contributed by atoms with van der Waals surface area (Å²) in [6.07, 6.45) is 1.25. The van der Waals surface area contributed by atoms with Gasteiger partial charge in [-0.05, 0) is 24.3 Å². The van der Waals surface area contributed by atoms with E-state index in [-0.39, 0.29) is 18.6 Å². The lowest BCUT2D eigenvalue weighted by atomic mass is 10.1. The number of carbonyl (C=O) groups is 1. The van der Waals surface area contributed by atoms with Gasteiger partial charge in [0.1, 0.15) is 24.7 Å². The van der Waals surface area contributed by atoms with E-state index in [0.717, 1.165) is 11.4 Å². The number of likely N-dealkylation sites (tertiary alicyclic amines) is 1. The fourth-order valence-electron chi connectivity index (χ4n) is 3.38. The molecule has 148 valence electrons. The van der Waals surface area contributed by atoms with Crippen molar-refractivity contribution in [1.29, 1.82) is 0 Å². The Hall–Kier alpha value is -3.55. The first-order valence-electron chi connectivity index (χ1n) is 9.52. The monoisotopic (exact) mass is 392 g/mol. The van der Waals surface area contributed by atoms with Crippen LogP contribution in [0.5, 0.6) is 17.2 Å². The maximum atomic E-state index is 12.7. The number of hydrogen-bond donors (Lipinski definition) is 0. The van der Waals surface area contributed by atoms with Crippen LogP contribution in [0.4, 0.5) is 0 Å². The number of para-hydroxylation sites is 3. The minimum Gasteiger partial charge on any atom is -0.487 e. The second-order valence-electron chi connectivity index (χ2n) is 7.05. The number of carbonyl (C=O) groups excluding carboxylic acids is 1. The van der Waals surface area contributed by atoms with Crippen LogP contribution in [0.1, 0.15) is 11.7 Å². The SMILES string of the molecule is O=C(C1COc2ccccc2O1)N1CC(n2cc(COc3ccccc3)nn2)C1. The number of ether oxygens (including phenoxy) is 3. The Labute approximate surface area is 167 Å². The number of fused-ring (bicyclic) bond motifs is 1. The summed E-state index contributed by atoms with van der Waals surface area (Å²) in [6.45, 7) is 1.72. The van der Waals surface area contributed by atoms with Crippen molar-refractivity contribution >= 4 is 5.91 Å². The van der Waals surface area contributed by atoms with Crippen molar-refractivity contribution in [2.75, 3.05) is 19.7 Å². The van der Waals surface area contributed by atoms with Gasteiger partial charge in [0.05, 0.1) is 12.2 Å². The van der Waals surface area contributed by atoms with Crippen molar-refractivity contribution in [3.8, 4) is 17.2 Å². The number of aromatic nitrogens is 3. The van der Waals surface area contributed by atoms with Crippen LogP contribution in [-0.2, 0) is 11.4 Å². The topological polar surface area (TPSA) is 78.7 Å². The Morgan fingerprint density at radius 2 is 1.83 bits per heavy atom. The molecule has 0 spiro atoms. The summed E-state index contributed by atoms with van der Waals surface area (Å²) in [4.78, 5) is 14.4. The molecule has 3 heterocycles. The van der Waals surface area contributed by atoms with E-state index in [4.69, 9.17) is 14.2 Å². The summed E-state index contributed by atoms with van der Waals surface area (Å²) in [5.41, 5.74) is 0.749. The molecule has 1 aromatic heterocycles. The van der Waals surface area contributed by atoms with E-state index in [1.807, 2.05) is 60.8 Å². The summed E-state index contributed by atoms with van der Waals surface area (Å²) in [6, 6.07) is 17.1. The highest BCUT2D eigenvalue weighted by Gasteiger charge is 2.38. The highest BCUT2D eigenvalue weighted by atomic mass is 16.6. The van der Waals surface area contributed by atoms with E-state index in [2.05, 4.69) is 10.3 Å². The first kappa shape index (κ1) is 17.5. The fraction of sp³-hybridized carbons (Fsp3) is 0.286. The smallest absolute Gasteiger partial charge is 0.267 e. The molecule has 3 aromatic rings. The average Bonchev–Trinajstić information content (AvgIpc) is 3.20. The zero-order chi connectivity index (χ0) is 19.6. The van der Waals surface area contributed by atoms with Crippen molar-refractivity contribution in [2.45, 2.75) is 18.8 Å². The number of benzene rings is 2. The molecule has 2 aromatic carbocycles. The largest absolute Gasteiger partial charge is 0.487 e. The highest BCUT2D eigenvalue weighted by molar-refractivity contribution is 5.82. The highest BCUT2D eigenvalue weighted by Crippen LogP contribution is 2.32. The predicted molar refractivity (Wildman–Crippen MR) is 103 cm³/mol. The van der Waals surface area contributed by atoms with E-state index >= 15 is 0 Å². The fourth-order valence-corrected chi connectivity index (χ4v) is 3.38. The molecular weight excluding hydrogens is 372 g/mol. The first-order chi connectivity index (χ1) is 14.3. The lowest BCUT2D eigenvalue weighted by Gasteiger charge is -2.41. The van der Waals surface area contributed by atoms with E-state index in [0.29, 0.717) is 31.2 Å². The molecule has 0 radical (unpaired) electrons. The lowest BCUT2D eigenvalue weighted by Crippen LogP contribution is -2.56. The minimum absolute atomic E-state index is 0.0662. The molecule has 1 amide bonds. The molecule has 29 heavy (non-hydrogen) atoms. The van der Waals surface area contributed by atoms with E-state index in [9.17, 15) is 4.79 Å². The van der Waals surface area contributed by atoms with Gasteiger partial charge in [0.25, 0.3) is 5.91 Å². The van der Waals surface area contributed by atoms with E-state index < -0.39 is 6.10 Å². The Balaban J connectivity index is 1.13. The van der Waals surface area contributed by atoms with Crippen LogP contribution in [0.2, 0.25) is 0 Å². The lowest BCUT2D eigenvalue weighted by molar-refractivity contribution is -0.147. The number of amides is 1. The first-order valence-corrected chi connectivity index (χ1v) is 9.52. The second-order valence-corrected chi connectivity index (χ2v) is 7.05. The Morgan fingerprint density at radius 1 is 1.07 bits per heavy atom. The molecule has 8 heteroatoms. The van der Waals surface area contributed by atoms with Gasteiger partial charge in [-0.3, -0.25) is 4.79 Å². The van der Waals surface area contributed by atoms with Gasteiger partial charge in [0.2, 0.25) is 6.10 Å². The van der Waals surface area contributed by atoms with Gasteiger partial charge < -0.3 is 19.1 Å². The van der Waals surface area contributed by atoms with Crippen LogP contribution in [0.25, 0.3) is 0 Å². The molecule has 2 aliphatic rings. The van der Waals surface area contributed by atoms with Gasteiger partial charge in [-0.1, -0.05) is 35.5 Å². The molecule has 1 unspecified atom stereocenters. The van der Waals surface area contributed by atoms with Crippen molar-refractivity contribution in [3.05, 3.63) is 66.5 Å². The molecule has 1 atom stereocenters. The Morgan fingerprint density at radius 3 is 2.66 bits per heavy atom. The second kappa shape index (κ2) is 7.46. The zero-order valence-electron chi connectivity index (χ0n) is 15.7. The van der Waals surface area contributed by atoms with Crippen LogP contribution >= 0.6 is 0 Å². The maximum absolute atomic E-state index is 12.7. The van der Waals surface area contributed by atoms with Gasteiger partial charge in [-0.2, -0.15) is 0 Å². The average molecular weight is 392 g/mol. The minimum atomic E-state index is -0.614. The molecule has 8 nitrogen and oxygen atoms in total. The Bertz CT molecular complexity index is 1000. The molecule has 0 saturated carbocycles. The van der Waals surface area contributed by atoms with Gasteiger partial charge in [-0.25, -0.2) is 4.68 Å². The standard InChI is InChI=1S/C21H20N4O4/c26-21(20-14-28-18-8-4-5-9-19(18)29-20)24-11-16(12-24)25-10-15(22-23-25)13-27-17-6-2-1-3-7-17/h1-10,16,20H,11-14H2. The molecule has 1 saturated heterocycles. The third-order valence-corrected chi connectivity index (χ3v) is 5.02. The van der Waals surface area contributed by atoms with Crippen LogP contribution in [-0.4, -0.2) is 51.6 Å². The molecule has 5 rings (SSSR count). The van der Waals surface area contributed by atoms with Gasteiger partial charge in [-0.15, -0.1) is 5.10 Å². The van der Waals surface area contributed by atoms with Crippen LogP contribution in [0, 0.1) is 0 Å². The molecule has 0 bridgehead atoms. The van der Waals surface area contributed by atoms with Crippen LogP contribution in [0.15, 0.2) is 60.8 Å². The number of hydrogen-bond acceptors (Lipinski definition) is 6. The van der Waals surface area contributed by atoms with Gasteiger partial charge >= 0.3 is 0 Å². The summed E-state index contributed by atoms with van der Waals surface area (Å²) in [5, 5.41) is 8.34. The van der Waals surface area contributed by atoms with E-state index in [1.54, 1.807) is 9.58 Å². The van der Waals surface area contributed by atoms with Crippen molar-refractivity contribution in [2.24, 2.45) is 0 Å². The molecule has 0 N–H and O–H groups in total. The quantitative estimate of drug-likeness (QED) is 0.662.